The maximum Gasteiger partial charge on any atom is 0.341 e. The number of sulfone groups is 1. The number of hydrogen-bond donors (Lipinski definition) is 0. The third kappa shape index (κ3) is 4.51. The molecule has 0 radical (unpaired) electrons. The molecule has 2 aromatic rings. The van der Waals surface area contributed by atoms with Crippen LogP contribution in [-0.4, -0.2) is 56.1 Å². The van der Waals surface area contributed by atoms with E-state index in [9.17, 15) is 22.0 Å². The number of carbonyl (C=O) groups excluding carboxylic acids is 1. The minimum absolute atomic E-state index is 0.227. The van der Waals surface area contributed by atoms with Crippen molar-refractivity contribution in [3.8, 4) is 0 Å². The summed E-state index contributed by atoms with van der Waals surface area (Å²) in [5, 5.41) is 0. The zero-order valence-corrected chi connectivity index (χ0v) is 15.4. The van der Waals surface area contributed by atoms with Crippen molar-refractivity contribution in [3.63, 3.8) is 0 Å². The minimum atomic E-state index is -4.65. The highest BCUT2D eigenvalue weighted by atomic mass is 32.2. The van der Waals surface area contributed by atoms with Crippen LogP contribution in [0.25, 0.3) is 0 Å². The van der Waals surface area contributed by atoms with Crippen LogP contribution in [0.15, 0.2) is 59.5 Å². The standard InChI is InChI=1S/C19H20F2N2O3S/c20-19(21)27(25,26)17-8-6-16(7-9-17)18(24)23-12-10-22(11-13-23)14-15-4-2-1-3-5-15/h1-9,19H,10-14H2. The number of halogens is 2. The van der Waals surface area contributed by atoms with Crippen LogP contribution < -0.4 is 0 Å². The number of benzene rings is 2. The number of hydrogen-bond acceptors (Lipinski definition) is 4. The van der Waals surface area contributed by atoms with E-state index in [1.54, 1.807) is 4.90 Å². The quantitative estimate of drug-likeness (QED) is 0.782. The van der Waals surface area contributed by atoms with Crippen molar-refractivity contribution in [1.82, 2.24) is 9.80 Å². The number of amides is 1. The van der Waals surface area contributed by atoms with E-state index in [2.05, 4.69) is 17.0 Å². The number of piperazine rings is 1. The molecule has 1 heterocycles. The van der Waals surface area contributed by atoms with Gasteiger partial charge in [0, 0.05) is 38.3 Å². The summed E-state index contributed by atoms with van der Waals surface area (Å²) >= 11 is 0. The van der Waals surface area contributed by atoms with Gasteiger partial charge in [-0.1, -0.05) is 30.3 Å². The van der Waals surface area contributed by atoms with Crippen LogP contribution in [0, 0.1) is 0 Å². The molecular formula is C19H20F2N2O3S. The van der Waals surface area contributed by atoms with Gasteiger partial charge < -0.3 is 4.90 Å². The van der Waals surface area contributed by atoms with Gasteiger partial charge in [-0.25, -0.2) is 8.42 Å². The molecule has 27 heavy (non-hydrogen) atoms. The fourth-order valence-corrected chi connectivity index (χ4v) is 3.74. The lowest BCUT2D eigenvalue weighted by Crippen LogP contribution is -2.48. The molecule has 2 aromatic carbocycles. The average Bonchev–Trinajstić information content (AvgIpc) is 2.69. The maximum atomic E-state index is 12.6. The van der Waals surface area contributed by atoms with E-state index < -0.39 is 20.5 Å². The van der Waals surface area contributed by atoms with E-state index in [4.69, 9.17) is 0 Å². The first-order valence-electron chi connectivity index (χ1n) is 8.55. The Balaban J connectivity index is 1.59. The SMILES string of the molecule is O=C(c1ccc(S(=O)(=O)C(F)F)cc1)N1CCN(Cc2ccccc2)CC1. The second-order valence-corrected chi connectivity index (χ2v) is 8.30. The zero-order valence-electron chi connectivity index (χ0n) is 14.6. The summed E-state index contributed by atoms with van der Waals surface area (Å²) in [5.74, 6) is -3.70. The molecule has 0 bridgehead atoms. The molecule has 1 aliphatic heterocycles. The van der Waals surface area contributed by atoms with Gasteiger partial charge in [0.25, 0.3) is 5.91 Å². The number of nitrogens with zero attached hydrogens (tertiary/aromatic N) is 2. The molecule has 5 nitrogen and oxygen atoms in total. The van der Waals surface area contributed by atoms with E-state index in [0.29, 0.717) is 18.7 Å². The molecule has 0 aromatic heterocycles. The van der Waals surface area contributed by atoms with Crippen LogP contribution in [0.1, 0.15) is 15.9 Å². The highest BCUT2D eigenvalue weighted by Crippen LogP contribution is 2.19. The third-order valence-electron chi connectivity index (χ3n) is 4.57. The molecule has 0 spiro atoms. The molecule has 1 saturated heterocycles. The molecule has 0 saturated carbocycles. The van der Waals surface area contributed by atoms with Gasteiger partial charge in [-0.05, 0) is 29.8 Å². The molecule has 1 aliphatic rings. The highest BCUT2D eigenvalue weighted by Gasteiger charge is 2.27. The van der Waals surface area contributed by atoms with E-state index in [0.717, 1.165) is 31.8 Å². The van der Waals surface area contributed by atoms with E-state index in [1.807, 2.05) is 18.2 Å². The first-order chi connectivity index (χ1) is 12.9. The summed E-state index contributed by atoms with van der Waals surface area (Å²) in [6.07, 6.45) is 0. The summed E-state index contributed by atoms with van der Waals surface area (Å²) in [6.45, 7) is 3.41. The number of carbonyl (C=O) groups is 1. The van der Waals surface area contributed by atoms with Gasteiger partial charge in [0.2, 0.25) is 9.84 Å². The summed E-state index contributed by atoms with van der Waals surface area (Å²) < 4.78 is 48.0. The summed E-state index contributed by atoms with van der Waals surface area (Å²) in [4.78, 5) is 16.0. The van der Waals surface area contributed by atoms with Crippen LogP contribution in [0.3, 0.4) is 0 Å². The Bertz CT molecular complexity index is 879. The van der Waals surface area contributed by atoms with E-state index in [1.165, 1.54) is 17.7 Å². The van der Waals surface area contributed by atoms with Gasteiger partial charge in [-0.2, -0.15) is 8.78 Å². The lowest BCUT2D eigenvalue weighted by Gasteiger charge is -2.34. The third-order valence-corrected chi connectivity index (χ3v) is 5.97. The summed E-state index contributed by atoms with van der Waals surface area (Å²) in [6, 6.07) is 14.8. The van der Waals surface area contributed by atoms with E-state index >= 15 is 0 Å². The zero-order chi connectivity index (χ0) is 19.4. The lowest BCUT2D eigenvalue weighted by atomic mass is 10.1. The fourth-order valence-electron chi connectivity index (χ4n) is 3.02. The minimum Gasteiger partial charge on any atom is -0.336 e. The van der Waals surface area contributed by atoms with Crippen molar-refractivity contribution in [2.45, 2.75) is 17.2 Å². The Hall–Kier alpha value is -2.32. The van der Waals surface area contributed by atoms with Gasteiger partial charge in [-0.3, -0.25) is 9.69 Å². The normalized spacial score (nSPS) is 15.9. The van der Waals surface area contributed by atoms with Crippen molar-refractivity contribution in [3.05, 3.63) is 65.7 Å². The monoisotopic (exact) mass is 394 g/mol. The summed E-state index contributed by atoms with van der Waals surface area (Å²) in [5.41, 5.74) is 1.51. The maximum absolute atomic E-state index is 12.6. The van der Waals surface area contributed by atoms with Crippen molar-refractivity contribution < 1.29 is 22.0 Å². The van der Waals surface area contributed by atoms with Gasteiger partial charge in [0.05, 0.1) is 4.90 Å². The van der Waals surface area contributed by atoms with Crippen molar-refractivity contribution in [2.75, 3.05) is 26.2 Å². The van der Waals surface area contributed by atoms with Crippen LogP contribution in [-0.2, 0) is 16.4 Å². The average molecular weight is 394 g/mol. The first kappa shape index (κ1) is 19.4. The lowest BCUT2D eigenvalue weighted by molar-refractivity contribution is 0.0628. The Morgan fingerprint density at radius 2 is 1.52 bits per heavy atom. The van der Waals surface area contributed by atoms with Gasteiger partial charge in [0.1, 0.15) is 0 Å². The molecular weight excluding hydrogens is 374 g/mol. The van der Waals surface area contributed by atoms with Crippen LogP contribution >= 0.6 is 0 Å². The van der Waals surface area contributed by atoms with Crippen molar-refractivity contribution in [2.24, 2.45) is 0 Å². The van der Waals surface area contributed by atoms with E-state index in [-0.39, 0.29) is 5.91 Å². The van der Waals surface area contributed by atoms with Crippen LogP contribution in [0.2, 0.25) is 0 Å². The molecule has 0 N–H and O–H groups in total. The second kappa shape index (κ2) is 8.14. The predicted molar refractivity (Wildman–Crippen MR) is 97.3 cm³/mol. The molecule has 0 atom stereocenters. The molecule has 0 aliphatic carbocycles. The number of rotatable bonds is 5. The molecule has 8 heteroatoms. The Morgan fingerprint density at radius 1 is 0.926 bits per heavy atom. The van der Waals surface area contributed by atoms with Crippen LogP contribution in [0.5, 0.6) is 0 Å². The smallest absolute Gasteiger partial charge is 0.336 e. The van der Waals surface area contributed by atoms with Gasteiger partial charge >= 0.3 is 5.76 Å². The van der Waals surface area contributed by atoms with Crippen LogP contribution in [0.4, 0.5) is 8.78 Å². The molecule has 3 rings (SSSR count). The Kier molecular flexibility index (Phi) is 5.86. The topological polar surface area (TPSA) is 57.7 Å². The molecule has 1 fully saturated rings. The molecule has 1 amide bonds. The summed E-state index contributed by atoms with van der Waals surface area (Å²) in [7, 11) is -4.65. The largest absolute Gasteiger partial charge is 0.341 e. The van der Waals surface area contributed by atoms with Crippen molar-refractivity contribution >= 4 is 15.7 Å². The predicted octanol–water partition coefficient (Wildman–Crippen LogP) is 2.64. The van der Waals surface area contributed by atoms with Gasteiger partial charge in [-0.15, -0.1) is 0 Å². The fraction of sp³-hybridized carbons (Fsp3) is 0.316. The second-order valence-electron chi connectivity index (χ2n) is 6.38. The molecule has 0 unspecified atom stereocenters. The van der Waals surface area contributed by atoms with Crippen molar-refractivity contribution in [1.29, 1.82) is 0 Å². The first-order valence-corrected chi connectivity index (χ1v) is 10.1. The highest BCUT2D eigenvalue weighted by molar-refractivity contribution is 7.91. The number of alkyl halides is 2. The van der Waals surface area contributed by atoms with Gasteiger partial charge in [0.15, 0.2) is 0 Å². The Morgan fingerprint density at radius 3 is 2.07 bits per heavy atom. The Labute approximate surface area is 157 Å². The molecule has 144 valence electrons.